The molecule has 2 bridgehead atoms. The summed E-state index contributed by atoms with van der Waals surface area (Å²) in [4.78, 5) is 12.6. The Bertz CT molecular complexity index is 614. The first kappa shape index (κ1) is 18.8. The molecule has 25 heavy (non-hydrogen) atoms. The van der Waals surface area contributed by atoms with E-state index in [-0.39, 0.29) is 34.9 Å². The van der Waals surface area contributed by atoms with E-state index < -0.39 is 20.7 Å². The van der Waals surface area contributed by atoms with Crippen molar-refractivity contribution in [2.24, 2.45) is 11.8 Å². The molecule has 0 aromatic heterocycles. The number of fused-ring (bicyclic) bond motifs is 2. The third-order valence-electron chi connectivity index (χ3n) is 6.08. The zero-order valence-corrected chi connectivity index (χ0v) is 17.1. The van der Waals surface area contributed by atoms with E-state index in [1.165, 1.54) is 0 Å². The lowest BCUT2D eigenvalue weighted by molar-refractivity contribution is -0.156. The van der Waals surface area contributed by atoms with Gasteiger partial charge in [-0.25, -0.2) is 0 Å². The van der Waals surface area contributed by atoms with Gasteiger partial charge in [0, 0.05) is 5.92 Å². The van der Waals surface area contributed by atoms with Gasteiger partial charge >= 0.3 is 0 Å². The van der Waals surface area contributed by atoms with Crippen molar-refractivity contribution in [3.8, 4) is 0 Å². The average molecular weight is 363 g/mol. The molecule has 0 unspecified atom stereocenters. The summed E-state index contributed by atoms with van der Waals surface area (Å²) in [5.41, 5.74) is 0. The highest BCUT2D eigenvalue weighted by atomic mass is 28.4. The molecular weight excluding hydrogens is 332 g/mol. The van der Waals surface area contributed by atoms with Gasteiger partial charge in [-0.05, 0) is 36.2 Å². The van der Waals surface area contributed by atoms with Crippen molar-refractivity contribution in [1.82, 2.24) is 0 Å². The molecule has 0 aromatic carbocycles. The van der Waals surface area contributed by atoms with Gasteiger partial charge in [0.1, 0.15) is 6.10 Å². The van der Waals surface area contributed by atoms with Gasteiger partial charge in [0.25, 0.3) is 0 Å². The van der Waals surface area contributed by atoms with Crippen LogP contribution in [0.4, 0.5) is 0 Å². The fourth-order valence-corrected chi connectivity index (χ4v) is 4.51. The van der Waals surface area contributed by atoms with Crippen LogP contribution in [0.1, 0.15) is 27.7 Å². The highest BCUT2D eigenvalue weighted by molar-refractivity contribution is 6.74. The molecule has 0 N–H and O–H groups in total. The summed E-state index contributed by atoms with van der Waals surface area (Å²) in [6.45, 7) is 13.1. The number of rotatable bonds is 3. The maximum absolute atomic E-state index is 12.6. The van der Waals surface area contributed by atoms with E-state index in [2.05, 4.69) is 46.9 Å². The van der Waals surface area contributed by atoms with E-state index in [1.807, 2.05) is 18.2 Å². The van der Waals surface area contributed by atoms with E-state index in [0.717, 1.165) is 0 Å². The first-order valence-corrected chi connectivity index (χ1v) is 12.1. The molecule has 3 rings (SSSR count). The molecule has 0 aromatic rings. The highest BCUT2D eigenvalue weighted by Crippen LogP contribution is 2.42. The zero-order valence-electron chi connectivity index (χ0n) is 16.1. The average Bonchev–Trinajstić information content (AvgIpc) is 2.68. The van der Waals surface area contributed by atoms with Crippen LogP contribution in [0.3, 0.4) is 0 Å². The van der Waals surface area contributed by atoms with Crippen molar-refractivity contribution in [2.45, 2.75) is 70.4 Å². The first-order chi connectivity index (χ1) is 11.6. The van der Waals surface area contributed by atoms with Crippen LogP contribution < -0.4 is 0 Å². The molecule has 1 fully saturated rings. The summed E-state index contributed by atoms with van der Waals surface area (Å²) < 4.78 is 18.6. The molecule has 0 amide bonds. The number of carbonyl (C=O) groups excluding carboxylic acids is 1. The molecule has 3 heterocycles. The fraction of sp³-hybridized carbons (Fsp3) is 0.650. The van der Waals surface area contributed by atoms with Gasteiger partial charge < -0.3 is 13.9 Å². The topological polar surface area (TPSA) is 44.8 Å². The zero-order chi connectivity index (χ0) is 18.4. The number of hydrogen-bond donors (Lipinski definition) is 0. The maximum atomic E-state index is 12.6. The first-order valence-electron chi connectivity index (χ1n) is 9.16. The molecule has 6 atom stereocenters. The van der Waals surface area contributed by atoms with Crippen LogP contribution >= 0.6 is 0 Å². The van der Waals surface area contributed by atoms with Gasteiger partial charge in [-0.3, -0.25) is 4.79 Å². The van der Waals surface area contributed by atoms with Gasteiger partial charge in [-0.15, -0.1) is 0 Å². The fourth-order valence-electron chi connectivity index (χ4n) is 3.44. The van der Waals surface area contributed by atoms with Crippen molar-refractivity contribution in [2.75, 3.05) is 0 Å². The van der Waals surface area contributed by atoms with E-state index in [0.29, 0.717) is 0 Å². The summed E-state index contributed by atoms with van der Waals surface area (Å²) in [6, 6.07) is 0. The van der Waals surface area contributed by atoms with Crippen molar-refractivity contribution >= 4 is 14.1 Å². The molecule has 4 nitrogen and oxygen atoms in total. The second-order valence-electron chi connectivity index (χ2n) is 8.84. The Morgan fingerprint density at radius 3 is 2.32 bits per heavy atom. The molecule has 138 valence electrons. The molecule has 3 aliphatic rings. The summed E-state index contributed by atoms with van der Waals surface area (Å²) in [7, 11) is -1.98. The molecule has 0 spiro atoms. The number of carbonyl (C=O) groups is 1. The maximum Gasteiger partial charge on any atom is 0.195 e. The summed E-state index contributed by atoms with van der Waals surface area (Å²) in [6.07, 6.45) is 10.5. The van der Waals surface area contributed by atoms with Crippen molar-refractivity contribution < 1.29 is 18.7 Å². The number of ether oxygens (including phenoxy) is 2. The van der Waals surface area contributed by atoms with Crippen LogP contribution in [0.15, 0.2) is 36.5 Å². The van der Waals surface area contributed by atoms with Gasteiger partial charge in [0.2, 0.25) is 0 Å². The van der Waals surface area contributed by atoms with Gasteiger partial charge in [-0.1, -0.05) is 52.0 Å². The minimum atomic E-state index is -1.98. The Balaban J connectivity index is 1.77. The van der Waals surface area contributed by atoms with Crippen LogP contribution in [0.25, 0.3) is 0 Å². The van der Waals surface area contributed by atoms with Gasteiger partial charge in [-0.2, -0.15) is 0 Å². The largest absolute Gasteiger partial charge is 0.389 e. The second kappa shape index (κ2) is 6.61. The Kier molecular flexibility index (Phi) is 4.97. The van der Waals surface area contributed by atoms with E-state index in [4.69, 9.17) is 13.9 Å². The lowest BCUT2D eigenvalue weighted by atomic mass is 9.81. The Labute approximate surface area is 152 Å². The molecule has 0 aliphatic carbocycles. The predicted molar refractivity (Wildman–Crippen MR) is 101 cm³/mol. The normalized spacial score (nSPS) is 38.2. The van der Waals surface area contributed by atoms with E-state index in [9.17, 15) is 4.79 Å². The van der Waals surface area contributed by atoms with Crippen LogP contribution in [0.2, 0.25) is 18.1 Å². The van der Waals surface area contributed by atoms with Crippen LogP contribution in [-0.4, -0.2) is 38.7 Å². The lowest BCUT2D eigenvalue weighted by Gasteiger charge is -2.40. The van der Waals surface area contributed by atoms with Crippen molar-refractivity contribution in [3.63, 3.8) is 0 Å². The summed E-state index contributed by atoms with van der Waals surface area (Å²) >= 11 is 0. The van der Waals surface area contributed by atoms with Gasteiger partial charge in [0.05, 0.1) is 12.2 Å². The predicted octanol–water partition coefficient (Wildman–Crippen LogP) is 4.00. The second-order valence-corrected chi connectivity index (χ2v) is 13.6. The van der Waals surface area contributed by atoms with E-state index in [1.54, 1.807) is 12.2 Å². The lowest BCUT2D eigenvalue weighted by Crippen LogP contribution is -2.49. The van der Waals surface area contributed by atoms with Crippen molar-refractivity contribution in [3.05, 3.63) is 36.5 Å². The third-order valence-corrected chi connectivity index (χ3v) is 10.5. The SMILES string of the molecule is C[C@H]1[C@H]([C@@H]2O[C@@H](O[Si](C)(C)C(C)(C)C)C=CC2=O)[C@@H]2C=CC=C[C@H]1O2. The highest BCUT2D eigenvalue weighted by Gasteiger charge is 2.49. The quantitative estimate of drug-likeness (QED) is 0.712. The molecular formula is C20H30O4Si. The minimum Gasteiger partial charge on any atom is -0.389 e. The summed E-state index contributed by atoms with van der Waals surface area (Å²) in [5, 5.41) is 0.0902. The van der Waals surface area contributed by atoms with Gasteiger partial charge in [0.15, 0.2) is 20.4 Å². The molecule has 1 saturated heterocycles. The molecule has 5 heteroatoms. The standard InChI is InChI=1S/C20H30O4Si/c1-13-15-9-7-8-10-16(22-15)18(13)19-14(21)11-12-17(23-19)24-25(5,6)20(2,3)4/h7-13,15-19H,1-6H3/t13-,15-,16+,17+,18+,19-/m1/s1. The van der Waals surface area contributed by atoms with Crippen LogP contribution in [-0.2, 0) is 18.7 Å². The van der Waals surface area contributed by atoms with Crippen molar-refractivity contribution in [1.29, 1.82) is 0 Å². The Morgan fingerprint density at radius 2 is 1.68 bits per heavy atom. The number of hydrogen-bond acceptors (Lipinski definition) is 4. The Morgan fingerprint density at radius 1 is 1.04 bits per heavy atom. The molecule has 3 aliphatic heterocycles. The third kappa shape index (κ3) is 3.61. The molecule has 0 radical (unpaired) electrons. The summed E-state index contributed by atoms with van der Waals surface area (Å²) in [5.74, 6) is 0.244. The van der Waals surface area contributed by atoms with Crippen LogP contribution in [0.5, 0.6) is 0 Å². The van der Waals surface area contributed by atoms with E-state index >= 15 is 0 Å². The molecule has 0 saturated carbocycles. The van der Waals surface area contributed by atoms with Crippen LogP contribution in [0, 0.1) is 11.8 Å². The number of allylic oxidation sites excluding steroid dienone is 2. The minimum absolute atomic E-state index is 0.00849. The smallest absolute Gasteiger partial charge is 0.195 e. The number of ketones is 1. The Hall–Kier alpha value is -1.01. The monoisotopic (exact) mass is 362 g/mol.